The number of imidazole rings is 1. The molecule has 1 aliphatic heterocycles. The van der Waals surface area contributed by atoms with Gasteiger partial charge in [0.2, 0.25) is 0 Å². The van der Waals surface area contributed by atoms with Crippen LogP contribution in [0.1, 0.15) is 5.82 Å². The first-order valence-electron chi connectivity index (χ1n) is 6.53. The largest absolute Gasteiger partial charge is 0.324 e. The number of hydrogen-bond acceptors (Lipinski definition) is 3. The molecule has 1 N–H and O–H groups in total. The average Bonchev–Trinajstić information content (AvgIpc) is 2.91. The molecule has 0 bridgehead atoms. The third-order valence-electron chi connectivity index (χ3n) is 3.59. The van der Waals surface area contributed by atoms with Crippen LogP contribution >= 0.6 is 0 Å². The van der Waals surface area contributed by atoms with Crippen molar-refractivity contribution in [3.05, 3.63) is 48.4 Å². The van der Waals surface area contributed by atoms with Gasteiger partial charge >= 0.3 is 0 Å². The second kappa shape index (κ2) is 4.17. The highest BCUT2D eigenvalue weighted by atomic mass is 15.2. The monoisotopic (exact) mass is 250 g/mol. The van der Waals surface area contributed by atoms with Gasteiger partial charge in [0.25, 0.3) is 0 Å². The molecule has 0 unspecified atom stereocenters. The van der Waals surface area contributed by atoms with E-state index in [1.165, 1.54) is 5.39 Å². The van der Waals surface area contributed by atoms with E-state index in [1.54, 1.807) is 0 Å². The standard InChI is InChI=1S/C15H14N4/c1-2-4-12-11(3-1)5-6-13(18-12)14-9-17-15-10-16-7-8-19(14)15/h1-6,9,16H,7-8,10H2. The van der Waals surface area contributed by atoms with Gasteiger partial charge in [-0.05, 0) is 12.1 Å². The second-order valence-corrected chi connectivity index (χ2v) is 4.78. The van der Waals surface area contributed by atoms with Crippen LogP contribution in [0.5, 0.6) is 0 Å². The molecule has 0 atom stereocenters. The van der Waals surface area contributed by atoms with Gasteiger partial charge in [0.1, 0.15) is 5.82 Å². The van der Waals surface area contributed by atoms with Gasteiger partial charge in [-0.2, -0.15) is 0 Å². The molecule has 0 saturated carbocycles. The van der Waals surface area contributed by atoms with Crippen LogP contribution < -0.4 is 5.32 Å². The number of hydrogen-bond donors (Lipinski definition) is 1. The molecule has 1 aromatic carbocycles. The lowest BCUT2D eigenvalue weighted by atomic mass is 10.2. The van der Waals surface area contributed by atoms with Gasteiger partial charge in [-0.1, -0.05) is 24.3 Å². The van der Waals surface area contributed by atoms with Gasteiger partial charge in [0, 0.05) is 18.5 Å². The Bertz CT molecular complexity index is 745. The number of benzene rings is 1. The van der Waals surface area contributed by atoms with Crippen molar-refractivity contribution in [1.82, 2.24) is 19.9 Å². The minimum Gasteiger partial charge on any atom is -0.324 e. The SMILES string of the molecule is c1ccc2nc(-c3cnc4n3CCNC4)ccc2c1. The van der Waals surface area contributed by atoms with Crippen molar-refractivity contribution in [1.29, 1.82) is 0 Å². The average molecular weight is 250 g/mol. The summed E-state index contributed by atoms with van der Waals surface area (Å²) in [5.74, 6) is 1.09. The van der Waals surface area contributed by atoms with E-state index in [2.05, 4.69) is 33.1 Å². The zero-order valence-corrected chi connectivity index (χ0v) is 10.5. The van der Waals surface area contributed by atoms with Crippen LogP contribution in [0.4, 0.5) is 0 Å². The van der Waals surface area contributed by atoms with Crippen LogP contribution in [0.3, 0.4) is 0 Å². The number of nitrogens with zero attached hydrogens (tertiary/aromatic N) is 3. The van der Waals surface area contributed by atoms with E-state index in [0.29, 0.717) is 0 Å². The van der Waals surface area contributed by atoms with Gasteiger partial charge in [-0.15, -0.1) is 0 Å². The second-order valence-electron chi connectivity index (χ2n) is 4.78. The maximum Gasteiger partial charge on any atom is 0.123 e. The minimum absolute atomic E-state index is 0.841. The number of pyridine rings is 1. The summed E-state index contributed by atoms with van der Waals surface area (Å²) in [6.45, 7) is 2.79. The predicted octanol–water partition coefficient (Wildman–Crippen LogP) is 2.20. The lowest BCUT2D eigenvalue weighted by Gasteiger charge is -2.17. The van der Waals surface area contributed by atoms with E-state index in [0.717, 1.165) is 42.4 Å². The predicted molar refractivity (Wildman–Crippen MR) is 74.7 cm³/mol. The van der Waals surface area contributed by atoms with Crippen molar-refractivity contribution in [2.75, 3.05) is 6.54 Å². The Kier molecular flexibility index (Phi) is 2.35. The van der Waals surface area contributed by atoms with E-state index in [4.69, 9.17) is 4.98 Å². The highest BCUT2D eigenvalue weighted by Gasteiger charge is 2.15. The molecule has 0 radical (unpaired) electrons. The quantitative estimate of drug-likeness (QED) is 0.720. The maximum absolute atomic E-state index is 4.74. The number of para-hydroxylation sites is 1. The normalized spacial score (nSPS) is 14.5. The van der Waals surface area contributed by atoms with Crippen LogP contribution in [0, 0.1) is 0 Å². The van der Waals surface area contributed by atoms with Crippen molar-refractivity contribution in [3.63, 3.8) is 0 Å². The Balaban J connectivity index is 1.88. The molecule has 3 aromatic rings. The van der Waals surface area contributed by atoms with Crippen molar-refractivity contribution < 1.29 is 0 Å². The maximum atomic E-state index is 4.74. The van der Waals surface area contributed by atoms with Crippen LogP contribution in [0.15, 0.2) is 42.6 Å². The van der Waals surface area contributed by atoms with Gasteiger partial charge in [-0.3, -0.25) is 0 Å². The van der Waals surface area contributed by atoms with Crippen molar-refractivity contribution in [2.24, 2.45) is 0 Å². The third kappa shape index (κ3) is 1.72. The summed E-state index contributed by atoms with van der Waals surface area (Å²) < 4.78 is 2.26. The minimum atomic E-state index is 0.841. The molecule has 2 aromatic heterocycles. The molecule has 3 heterocycles. The van der Waals surface area contributed by atoms with E-state index in [9.17, 15) is 0 Å². The Labute approximate surface area is 111 Å². The molecule has 1 aliphatic rings. The molecule has 0 spiro atoms. The Hall–Kier alpha value is -2.20. The highest BCUT2D eigenvalue weighted by Crippen LogP contribution is 2.23. The van der Waals surface area contributed by atoms with Crippen LogP contribution in [-0.2, 0) is 13.1 Å². The summed E-state index contributed by atoms with van der Waals surface area (Å²) in [6, 6.07) is 12.4. The molecule has 0 aliphatic carbocycles. The van der Waals surface area contributed by atoms with Crippen molar-refractivity contribution in [3.8, 4) is 11.4 Å². The first-order chi connectivity index (χ1) is 9.42. The summed E-state index contributed by atoms with van der Waals surface area (Å²) in [7, 11) is 0. The number of nitrogens with one attached hydrogen (secondary N) is 1. The number of fused-ring (bicyclic) bond motifs is 2. The summed E-state index contributed by atoms with van der Waals surface area (Å²) in [4.78, 5) is 9.22. The highest BCUT2D eigenvalue weighted by molar-refractivity contribution is 5.81. The molecule has 0 saturated heterocycles. The lowest BCUT2D eigenvalue weighted by molar-refractivity contribution is 0.508. The molecule has 4 nitrogen and oxygen atoms in total. The number of rotatable bonds is 1. The van der Waals surface area contributed by atoms with Gasteiger partial charge < -0.3 is 9.88 Å². The fourth-order valence-electron chi connectivity index (χ4n) is 2.61. The summed E-state index contributed by atoms with van der Waals surface area (Å²) in [5.41, 5.74) is 3.14. The molecule has 19 heavy (non-hydrogen) atoms. The lowest BCUT2D eigenvalue weighted by Crippen LogP contribution is -2.28. The van der Waals surface area contributed by atoms with Crippen LogP contribution in [0.2, 0.25) is 0 Å². The van der Waals surface area contributed by atoms with Crippen molar-refractivity contribution >= 4 is 10.9 Å². The first kappa shape index (κ1) is 10.7. The molecular formula is C15H14N4. The van der Waals surface area contributed by atoms with E-state index in [-0.39, 0.29) is 0 Å². The number of aromatic nitrogens is 3. The van der Waals surface area contributed by atoms with Crippen molar-refractivity contribution in [2.45, 2.75) is 13.1 Å². The van der Waals surface area contributed by atoms with Crippen LogP contribution in [-0.4, -0.2) is 21.1 Å². The molecule has 4 heteroatoms. The van der Waals surface area contributed by atoms with Gasteiger partial charge in [0.15, 0.2) is 0 Å². The van der Waals surface area contributed by atoms with Crippen LogP contribution in [0.25, 0.3) is 22.3 Å². The van der Waals surface area contributed by atoms with E-state index < -0.39 is 0 Å². The topological polar surface area (TPSA) is 42.7 Å². The third-order valence-corrected chi connectivity index (χ3v) is 3.59. The zero-order valence-electron chi connectivity index (χ0n) is 10.5. The first-order valence-corrected chi connectivity index (χ1v) is 6.53. The van der Waals surface area contributed by atoms with Gasteiger partial charge in [0.05, 0.1) is 29.6 Å². The fourth-order valence-corrected chi connectivity index (χ4v) is 2.61. The Morgan fingerprint density at radius 2 is 2.05 bits per heavy atom. The van der Waals surface area contributed by atoms with Gasteiger partial charge in [-0.25, -0.2) is 9.97 Å². The summed E-state index contributed by atoms with van der Waals surface area (Å²) >= 11 is 0. The zero-order chi connectivity index (χ0) is 12.7. The Morgan fingerprint density at radius 1 is 1.11 bits per heavy atom. The smallest absolute Gasteiger partial charge is 0.123 e. The summed E-state index contributed by atoms with van der Waals surface area (Å²) in [6.07, 6.45) is 1.93. The Morgan fingerprint density at radius 3 is 3.05 bits per heavy atom. The van der Waals surface area contributed by atoms with E-state index in [1.807, 2.05) is 24.4 Å². The summed E-state index contributed by atoms with van der Waals surface area (Å²) in [5, 5.41) is 4.50. The molecule has 4 rings (SSSR count). The molecule has 94 valence electrons. The van der Waals surface area contributed by atoms with E-state index >= 15 is 0 Å². The molecule has 0 amide bonds. The fraction of sp³-hybridized carbons (Fsp3) is 0.200. The molecule has 0 fully saturated rings. The molecular weight excluding hydrogens is 236 g/mol.